The number of amides is 1. The third-order valence-corrected chi connectivity index (χ3v) is 4.33. The molecule has 5 nitrogen and oxygen atoms in total. The van der Waals surface area contributed by atoms with Gasteiger partial charge in [0, 0.05) is 13.1 Å². The van der Waals surface area contributed by atoms with Gasteiger partial charge in [-0.05, 0) is 37.4 Å². The van der Waals surface area contributed by atoms with Crippen molar-refractivity contribution >= 4 is 11.9 Å². The monoisotopic (exact) mass is 290 g/mol. The van der Waals surface area contributed by atoms with E-state index in [9.17, 15) is 9.59 Å². The SMILES string of the molecule is CCC1(C(=O)NCCc2ccccc2C(=O)O)CCNC1. The summed E-state index contributed by atoms with van der Waals surface area (Å²) in [7, 11) is 0. The Morgan fingerprint density at radius 2 is 2.14 bits per heavy atom. The van der Waals surface area contributed by atoms with E-state index in [1.54, 1.807) is 18.2 Å². The molecule has 1 aliphatic heterocycles. The zero-order chi connectivity index (χ0) is 15.3. The Balaban J connectivity index is 1.93. The predicted octanol–water partition coefficient (Wildman–Crippen LogP) is 1.43. The summed E-state index contributed by atoms with van der Waals surface area (Å²) in [5.74, 6) is -0.857. The quantitative estimate of drug-likeness (QED) is 0.740. The maximum absolute atomic E-state index is 12.3. The van der Waals surface area contributed by atoms with E-state index in [2.05, 4.69) is 10.6 Å². The van der Waals surface area contributed by atoms with Gasteiger partial charge in [0.1, 0.15) is 0 Å². The Labute approximate surface area is 124 Å². The number of nitrogens with one attached hydrogen (secondary N) is 2. The van der Waals surface area contributed by atoms with Crippen molar-refractivity contribution < 1.29 is 14.7 Å². The molecule has 2 rings (SSSR count). The van der Waals surface area contributed by atoms with Gasteiger partial charge in [-0.2, -0.15) is 0 Å². The van der Waals surface area contributed by atoms with Crippen molar-refractivity contribution in [1.29, 1.82) is 0 Å². The highest BCUT2D eigenvalue weighted by atomic mass is 16.4. The highest BCUT2D eigenvalue weighted by molar-refractivity contribution is 5.89. The van der Waals surface area contributed by atoms with Crippen LogP contribution in [0.3, 0.4) is 0 Å². The molecule has 0 bridgehead atoms. The Morgan fingerprint density at radius 3 is 2.76 bits per heavy atom. The molecule has 21 heavy (non-hydrogen) atoms. The number of carboxylic acids is 1. The molecule has 114 valence electrons. The van der Waals surface area contributed by atoms with Crippen LogP contribution in [-0.2, 0) is 11.2 Å². The third-order valence-electron chi connectivity index (χ3n) is 4.33. The molecule has 5 heteroatoms. The maximum Gasteiger partial charge on any atom is 0.335 e. The van der Waals surface area contributed by atoms with Gasteiger partial charge >= 0.3 is 5.97 Å². The molecule has 1 aromatic rings. The van der Waals surface area contributed by atoms with Crippen LogP contribution in [0, 0.1) is 5.41 Å². The van der Waals surface area contributed by atoms with Gasteiger partial charge in [-0.25, -0.2) is 4.79 Å². The van der Waals surface area contributed by atoms with Crippen LogP contribution in [0.1, 0.15) is 35.7 Å². The second kappa shape index (κ2) is 6.72. The molecule has 1 aliphatic rings. The van der Waals surface area contributed by atoms with E-state index in [0.29, 0.717) is 18.5 Å². The van der Waals surface area contributed by atoms with E-state index in [1.807, 2.05) is 13.0 Å². The third kappa shape index (κ3) is 3.42. The minimum atomic E-state index is -0.929. The van der Waals surface area contributed by atoms with E-state index in [-0.39, 0.29) is 11.3 Å². The Bertz CT molecular complexity index is 522. The molecule has 1 atom stereocenters. The summed E-state index contributed by atoms with van der Waals surface area (Å²) in [4.78, 5) is 23.5. The van der Waals surface area contributed by atoms with Crippen molar-refractivity contribution in [2.75, 3.05) is 19.6 Å². The molecule has 1 fully saturated rings. The molecule has 1 unspecified atom stereocenters. The standard InChI is InChI=1S/C16H22N2O3/c1-2-16(8-10-17-11-16)15(21)18-9-7-12-5-3-4-6-13(12)14(19)20/h3-6,17H,2,7-11H2,1H3,(H,18,21)(H,19,20). The Hall–Kier alpha value is -1.88. The first kappa shape index (κ1) is 15.5. The number of carbonyl (C=O) groups is 2. The van der Waals surface area contributed by atoms with Gasteiger partial charge in [-0.1, -0.05) is 25.1 Å². The lowest BCUT2D eigenvalue weighted by molar-refractivity contribution is -0.130. The molecular weight excluding hydrogens is 268 g/mol. The van der Waals surface area contributed by atoms with Gasteiger partial charge in [0.25, 0.3) is 0 Å². The van der Waals surface area contributed by atoms with E-state index in [1.165, 1.54) is 0 Å². The Kier molecular flexibility index (Phi) is 4.96. The highest BCUT2D eigenvalue weighted by Crippen LogP contribution is 2.29. The first-order valence-corrected chi connectivity index (χ1v) is 7.39. The van der Waals surface area contributed by atoms with Crippen LogP contribution >= 0.6 is 0 Å². The Morgan fingerprint density at radius 1 is 1.38 bits per heavy atom. The minimum Gasteiger partial charge on any atom is -0.478 e. The van der Waals surface area contributed by atoms with E-state index >= 15 is 0 Å². The minimum absolute atomic E-state index is 0.0720. The molecule has 3 N–H and O–H groups in total. The molecular formula is C16H22N2O3. The molecule has 0 aromatic heterocycles. The van der Waals surface area contributed by atoms with Crippen LogP contribution < -0.4 is 10.6 Å². The van der Waals surface area contributed by atoms with Crippen molar-refractivity contribution in [3.05, 3.63) is 35.4 Å². The van der Waals surface area contributed by atoms with Crippen molar-refractivity contribution in [3.8, 4) is 0 Å². The number of rotatable bonds is 6. The summed E-state index contributed by atoms with van der Waals surface area (Å²) in [6.45, 7) is 4.10. The lowest BCUT2D eigenvalue weighted by Crippen LogP contribution is -2.42. The molecule has 1 amide bonds. The first-order chi connectivity index (χ1) is 10.1. The van der Waals surface area contributed by atoms with Crippen LogP contribution in [0.5, 0.6) is 0 Å². The van der Waals surface area contributed by atoms with Gasteiger partial charge in [0.2, 0.25) is 5.91 Å². The summed E-state index contributed by atoms with van der Waals surface area (Å²) >= 11 is 0. The van der Waals surface area contributed by atoms with Gasteiger partial charge in [-0.3, -0.25) is 4.79 Å². The number of aromatic carboxylic acids is 1. The lowest BCUT2D eigenvalue weighted by atomic mass is 9.83. The average Bonchev–Trinajstić information content (AvgIpc) is 2.97. The van der Waals surface area contributed by atoms with Crippen LogP contribution in [0.15, 0.2) is 24.3 Å². The van der Waals surface area contributed by atoms with Gasteiger partial charge in [-0.15, -0.1) is 0 Å². The van der Waals surface area contributed by atoms with Crippen molar-refractivity contribution in [2.45, 2.75) is 26.2 Å². The number of hydrogen-bond donors (Lipinski definition) is 3. The summed E-state index contributed by atoms with van der Waals surface area (Å²) in [6, 6.07) is 6.91. The largest absolute Gasteiger partial charge is 0.478 e. The molecule has 1 saturated heterocycles. The maximum atomic E-state index is 12.3. The molecule has 1 heterocycles. The van der Waals surface area contributed by atoms with Gasteiger partial charge in [0.15, 0.2) is 0 Å². The molecule has 1 aromatic carbocycles. The van der Waals surface area contributed by atoms with Gasteiger partial charge < -0.3 is 15.7 Å². The summed E-state index contributed by atoms with van der Waals surface area (Å²) in [5.41, 5.74) is 0.756. The molecule has 0 aliphatic carbocycles. The lowest BCUT2D eigenvalue weighted by Gasteiger charge is -2.25. The topological polar surface area (TPSA) is 78.4 Å². The number of benzene rings is 1. The van der Waals surface area contributed by atoms with Crippen LogP contribution in [0.25, 0.3) is 0 Å². The fourth-order valence-electron chi connectivity index (χ4n) is 2.85. The van der Waals surface area contributed by atoms with E-state index < -0.39 is 5.97 Å². The molecule has 0 saturated carbocycles. The fraction of sp³-hybridized carbons (Fsp3) is 0.500. The van der Waals surface area contributed by atoms with Crippen molar-refractivity contribution in [3.63, 3.8) is 0 Å². The normalized spacial score (nSPS) is 21.2. The fourth-order valence-corrected chi connectivity index (χ4v) is 2.85. The van der Waals surface area contributed by atoms with Crippen LogP contribution in [0.4, 0.5) is 0 Å². The smallest absolute Gasteiger partial charge is 0.335 e. The zero-order valence-corrected chi connectivity index (χ0v) is 12.3. The van der Waals surface area contributed by atoms with E-state index in [4.69, 9.17) is 5.11 Å². The average molecular weight is 290 g/mol. The highest BCUT2D eigenvalue weighted by Gasteiger charge is 2.39. The zero-order valence-electron chi connectivity index (χ0n) is 12.3. The summed E-state index contributed by atoms with van der Waals surface area (Å²) in [5, 5.41) is 15.3. The second-order valence-electron chi connectivity index (χ2n) is 5.53. The predicted molar refractivity (Wildman–Crippen MR) is 80.3 cm³/mol. The molecule has 0 spiro atoms. The first-order valence-electron chi connectivity index (χ1n) is 7.39. The number of carbonyl (C=O) groups excluding carboxylic acids is 1. The van der Waals surface area contributed by atoms with Crippen LogP contribution in [0.2, 0.25) is 0 Å². The molecule has 0 radical (unpaired) electrons. The van der Waals surface area contributed by atoms with E-state index in [0.717, 1.165) is 31.5 Å². The summed E-state index contributed by atoms with van der Waals surface area (Å²) < 4.78 is 0. The van der Waals surface area contributed by atoms with Gasteiger partial charge in [0.05, 0.1) is 11.0 Å². The van der Waals surface area contributed by atoms with Crippen molar-refractivity contribution in [1.82, 2.24) is 10.6 Å². The second-order valence-corrected chi connectivity index (χ2v) is 5.53. The van der Waals surface area contributed by atoms with Crippen molar-refractivity contribution in [2.24, 2.45) is 5.41 Å². The number of hydrogen-bond acceptors (Lipinski definition) is 3. The summed E-state index contributed by atoms with van der Waals surface area (Å²) in [6.07, 6.45) is 2.21. The van der Waals surface area contributed by atoms with Crippen LogP contribution in [-0.4, -0.2) is 36.6 Å². The number of carboxylic acid groups (broad SMARTS) is 1.